The van der Waals surface area contributed by atoms with E-state index in [9.17, 15) is 14.4 Å². The summed E-state index contributed by atoms with van der Waals surface area (Å²) in [6, 6.07) is 2.38. The van der Waals surface area contributed by atoms with Crippen molar-refractivity contribution < 1.29 is 14.4 Å². The molecule has 7 nitrogen and oxygen atoms in total. The minimum atomic E-state index is -0.652. The number of carbonyl (C=O) groups is 3. The number of rotatable bonds is 5. The number of nitrogens with two attached hydrogens (primary N) is 1. The quantitative estimate of drug-likeness (QED) is 0.694. The van der Waals surface area contributed by atoms with Gasteiger partial charge in [-0.05, 0) is 17.4 Å². The molecule has 0 saturated carbocycles. The number of hydrogen-bond acceptors (Lipinski definition) is 5. The van der Waals surface area contributed by atoms with Crippen LogP contribution in [0.25, 0.3) is 0 Å². The van der Waals surface area contributed by atoms with Crippen LogP contribution in [0.15, 0.2) is 17.5 Å². The van der Waals surface area contributed by atoms with Crippen molar-refractivity contribution >= 4 is 29.1 Å². The Kier molecular flexibility index (Phi) is 5.73. The Morgan fingerprint density at radius 3 is 2.87 bits per heavy atom. The lowest BCUT2D eigenvalue weighted by Gasteiger charge is -2.34. The first-order chi connectivity index (χ1) is 10.9. The van der Waals surface area contributed by atoms with Gasteiger partial charge in [0.15, 0.2) is 0 Å². The van der Waals surface area contributed by atoms with Gasteiger partial charge in [-0.25, -0.2) is 0 Å². The standard InChI is InChI=1S/C15H22N4O3S/c1-9(2)12(16)14(21)18-8-11(20)19-6-5-17-15(22)13(19)10-4-3-7-23-10/h3-4,7,9,12-13H,5-6,8,16H2,1-2H3,(H,17,22)(H,18,21)/t12-,13?/m0/s1. The van der Waals surface area contributed by atoms with Crippen molar-refractivity contribution in [1.82, 2.24) is 15.5 Å². The molecular weight excluding hydrogens is 316 g/mol. The van der Waals surface area contributed by atoms with Gasteiger partial charge in [-0.3, -0.25) is 14.4 Å². The highest BCUT2D eigenvalue weighted by atomic mass is 32.1. The normalized spacial score (nSPS) is 19.4. The van der Waals surface area contributed by atoms with Gasteiger partial charge in [-0.2, -0.15) is 0 Å². The zero-order chi connectivity index (χ0) is 17.0. The molecule has 3 amide bonds. The lowest BCUT2D eigenvalue weighted by atomic mass is 10.1. The molecule has 1 aromatic rings. The molecule has 0 radical (unpaired) electrons. The monoisotopic (exact) mass is 338 g/mol. The number of piperazine rings is 1. The molecule has 4 N–H and O–H groups in total. The van der Waals surface area contributed by atoms with E-state index in [-0.39, 0.29) is 30.2 Å². The Morgan fingerprint density at radius 2 is 2.26 bits per heavy atom. The molecule has 1 fully saturated rings. The Bertz CT molecular complexity index is 573. The van der Waals surface area contributed by atoms with E-state index in [2.05, 4.69) is 10.6 Å². The van der Waals surface area contributed by atoms with Crippen LogP contribution >= 0.6 is 11.3 Å². The topological polar surface area (TPSA) is 105 Å². The van der Waals surface area contributed by atoms with Crippen LogP contribution in [0, 0.1) is 5.92 Å². The summed E-state index contributed by atoms with van der Waals surface area (Å²) in [6.45, 7) is 4.35. The lowest BCUT2D eigenvalue weighted by Crippen LogP contribution is -2.55. The molecule has 0 bridgehead atoms. The van der Waals surface area contributed by atoms with Gasteiger partial charge in [0, 0.05) is 18.0 Å². The van der Waals surface area contributed by atoms with Gasteiger partial charge in [-0.1, -0.05) is 19.9 Å². The molecule has 1 aliphatic rings. The summed E-state index contributed by atoms with van der Waals surface area (Å²) in [6.07, 6.45) is 0. The zero-order valence-electron chi connectivity index (χ0n) is 13.2. The first-order valence-electron chi connectivity index (χ1n) is 7.55. The van der Waals surface area contributed by atoms with Crippen molar-refractivity contribution in [2.45, 2.75) is 25.9 Å². The molecule has 8 heteroatoms. The molecule has 0 spiro atoms. The van der Waals surface area contributed by atoms with Gasteiger partial charge in [-0.15, -0.1) is 11.3 Å². The molecule has 2 rings (SSSR count). The maximum absolute atomic E-state index is 12.4. The third-order valence-electron chi connectivity index (χ3n) is 3.78. The number of hydrogen-bond donors (Lipinski definition) is 3. The smallest absolute Gasteiger partial charge is 0.248 e. The second-order valence-electron chi connectivity index (χ2n) is 5.78. The van der Waals surface area contributed by atoms with E-state index in [1.165, 1.54) is 16.2 Å². The third-order valence-corrected chi connectivity index (χ3v) is 4.70. The molecule has 1 unspecified atom stereocenters. The number of nitrogens with zero attached hydrogens (tertiary/aromatic N) is 1. The molecule has 1 aromatic heterocycles. The molecule has 0 aromatic carbocycles. The summed E-state index contributed by atoms with van der Waals surface area (Å²) in [5.41, 5.74) is 5.75. The van der Waals surface area contributed by atoms with Gasteiger partial charge < -0.3 is 21.3 Å². The summed E-state index contributed by atoms with van der Waals surface area (Å²) >= 11 is 1.43. The highest BCUT2D eigenvalue weighted by Gasteiger charge is 2.35. The summed E-state index contributed by atoms with van der Waals surface area (Å²) in [5.74, 6) is -0.855. The van der Waals surface area contributed by atoms with Crippen LogP contribution in [0.5, 0.6) is 0 Å². The van der Waals surface area contributed by atoms with Crippen LogP contribution < -0.4 is 16.4 Å². The average molecular weight is 338 g/mol. The Morgan fingerprint density at radius 1 is 1.52 bits per heavy atom. The van der Waals surface area contributed by atoms with Crippen molar-refractivity contribution in [3.8, 4) is 0 Å². The maximum Gasteiger partial charge on any atom is 0.248 e. The van der Waals surface area contributed by atoms with E-state index in [1.54, 1.807) is 0 Å². The minimum Gasteiger partial charge on any atom is -0.352 e. The second-order valence-corrected chi connectivity index (χ2v) is 6.76. The van der Waals surface area contributed by atoms with Crippen LogP contribution in [0.4, 0.5) is 0 Å². The van der Waals surface area contributed by atoms with E-state index in [0.29, 0.717) is 13.1 Å². The number of thiophene rings is 1. The van der Waals surface area contributed by atoms with Crippen molar-refractivity contribution in [3.05, 3.63) is 22.4 Å². The maximum atomic E-state index is 12.4. The summed E-state index contributed by atoms with van der Waals surface area (Å²) in [7, 11) is 0. The van der Waals surface area contributed by atoms with E-state index in [4.69, 9.17) is 5.73 Å². The number of amides is 3. The highest BCUT2D eigenvalue weighted by Crippen LogP contribution is 2.27. The largest absolute Gasteiger partial charge is 0.352 e. The second kappa shape index (κ2) is 7.56. The van der Waals surface area contributed by atoms with E-state index in [0.717, 1.165) is 4.88 Å². The predicted octanol–water partition coefficient (Wildman–Crippen LogP) is -0.153. The Labute approximate surface area is 139 Å². The van der Waals surface area contributed by atoms with Gasteiger partial charge in [0.25, 0.3) is 0 Å². The summed E-state index contributed by atoms with van der Waals surface area (Å²) < 4.78 is 0. The van der Waals surface area contributed by atoms with Crippen molar-refractivity contribution in [3.63, 3.8) is 0 Å². The van der Waals surface area contributed by atoms with Crippen LogP contribution in [0.2, 0.25) is 0 Å². The fourth-order valence-electron chi connectivity index (χ4n) is 2.35. The van der Waals surface area contributed by atoms with E-state index >= 15 is 0 Å². The van der Waals surface area contributed by atoms with Gasteiger partial charge in [0.1, 0.15) is 6.04 Å². The van der Waals surface area contributed by atoms with Crippen LogP contribution in [0.1, 0.15) is 24.8 Å². The SMILES string of the molecule is CC(C)[C@H](N)C(=O)NCC(=O)N1CCNC(=O)C1c1cccs1. The fourth-order valence-corrected chi connectivity index (χ4v) is 3.18. The van der Waals surface area contributed by atoms with Gasteiger partial charge in [0.05, 0.1) is 12.6 Å². The Balaban J connectivity index is 2.02. The van der Waals surface area contributed by atoms with E-state index < -0.39 is 12.1 Å². The molecular formula is C15H22N4O3S. The van der Waals surface area contributed by atoms with Crippen LogP contribution in [0.3, 0.4) is 0 Å². The molecule has 23 heavy (non-hydrogen) atoms. The first kappa shape index (κ1) is 17.4. The molecule has 2 atom stereocenters. The van der Waals surface area contributed by atoms with Gasteiger partial charge in [0.2, 0.25) is 17.7 Å². The molecule has 1 saturated heterocycles. The van der Waals surface area contributed by atoms with Gasteiger partial charge >= 0.3 is 0 Å². The number of nitrogens with one attached hydrogen (secondary N) is 2. The van der Waals surface area contributed by atoms with Crippen LogP contribution in [-0.4, -0.2) is 48.3 Å². The fraction of sp³-hybridized carbons (Fsp3) is 0.533. The minimum absolute atomic E-state index is 0.00951. The lowest BCUT2D eigenvalue weighted by molar-refractivity contribution is -0.143. The zero-order valence-corrected chi connectivity index (χ0v) is 14.1. The summed E-state index contributed by atoms with van der Waals surface area (Å²) in [5, 5.41) is 7.19. The summed E-state index contributed by atoms with van der Waals surface area (Å²) in [4.78, 5) is 38.8. The molecule has 0 aliphatic carbocycles. The van der Waals surface area contributed by atoms with Crippen LogP contribution in [-0.2, 0) is 14.4 Å². The van der Waals surface area contributed by atoms with Crippen molar-refractivity contribution in [2.24, 2.45) is 11.7 Å². The third kappa shape index (κ3) is 4.08. The van der Waals surface area contributed by atoms with E-state index in [1.807, 2.05) is 31.4 Å². The predicted molar refractivity (Wildman–Crippen MR) is 87.6 cm³/mol. The highest BCUT2D eigenvalue weighted by molar-refractivity contribution is 7.10. The molecule has 126 valence electrons. The number of carbonyl (C=O) groups excluding carboxylic acids is 3. The molecule has 2 heterocycles. The Hall–Kier alpha value is -1.93. The van der Waals surface area contributed by atoms with Crippen molar-refractivity contribution in [1.29, 1.82) is 0 Å². The van der Waals surface area contributed by atoms with Crippen molar-refractivity contribution in [2.75, 3.05) is 19.6 Å². The average Bonchev–Trinajstić information content (AvgIpc) is 3.05. The first-order valence-corrected chi connectivity index (χ1v) is 8.43. The molecule has 1 aliphatic heterocycles.